The average molecular weight is 269 g/mol. The Morgan fingerprint density at radius 3 is 3.00 bits per heavy atom. The topological polar surface area (TPSA) is 28.2 Å². The molecule has 1 atom stereocenters. The predicted octanol–water partition coefficient (Wildman–Crippen LogP) is 3.20. The standard InChI is InChI=1S/C17H23N3/c1-4-14-11-19-17(2,3)12-20(14)16-7-5-6-13-10-18-9-8-15(13)16/h5-10,14,19H,4,11-12H2,1-3H3. The molecule has 1 aliphatic rings. The van der Waals surface area contributed by atoms with Crippen molar-refractivity contribution in [3.05, 3.63) is 36.7 Å². The Morgan fingerprint density at radius 1 is 1.35 bits per heavy atom. The zero-order valence-corrected chi connectivity index (χ0v) is 12.6. The van der Waals surface area contributed by atoms with Gasteiger partial charge in [-0.05, 0) is 32.4 Å². The van der Waals surface area contributed by atoms with Gasteiger partial charge in [-0.2, -0.15) is 0 Å². The van der Waals surface area contributed by atoms with Gasteiger partial charge in [0, 0.05) is 53.5 Å². The molecule has 1 fully saturated rings. The minimum Gasteiger partial charge on any atom is -0.365 e. The van der Waals surface area contributed by atoms with E-state index in [-0.39, 0.29) is 5.54 Å². The zero-order chi connectivity index (χ0) is 14.2. The van der Waals surface area contributed by atoms with Gasteiger partial charge in [0.2, 0.25) is 0 Å². The highest BCUT2D eigenvalue weighted by Gasteiger charge is 2.32. The summed E-state index contributed by atoms with van der Waals surface area (Å²) in [6, 6.07) is 9.21. The van der Waals surface area contributed by atoms with Gasteiger partial charge in [-0.25, -0.2) is 0 Å². The van der Waals surface area contributed by atoms with Crippen molar-refractivity contribution in [3.63, 3.8) is 0 Å². The minimum atomic E-state index is 0.154. The van der Waals surface area contributed by atoms with E-state index in [2.05, 4.69) is 60.2 Å². The van der Waals surface area contributed by atoms with Crippen LogP contribution < -0.4 is 10.2 Å². The van der Waals surface area contributed by atoms with Crippen molar-refractivity contribution in [3.8, 4) is 0 Å². The Bertz CT molecular complexity index is 601. The number of hydrogen-bond donors (Lipinski definition) is 1. The molecule has 106 valence electrons. The molecule has 3 rings (SSSR count). The van der Waals surface area contributed by atoms with Crippen molar-refractivity contribution in [2.24, 2.45) is 0 Å². The van der Waals surface area contributed by atoms with Crippen LogP contribution >= 0.6 is 0 Å². The van der Waals surface area contributed by atoms with Gasteiger partial charge in [-0.1, -0.05) is 19.1 Å². The van der Waals surface area contributed by atoms with Gasteiger partial charge in [0.15, 0.2) is 0 Å². The second kappa shape index (κ2) is 5.06. The normalized spacial score (nSPS) is 22.1. The molecule has 1 aromatic carbocycles. The van der Waals surface area contributed by atoms with Crippen LogP contribution in [0.1, 0.15) is 27.2 Å². The number of nitrogens with one attached hydrogen (secondary N) is 1. The van der Waals surface area contributed by atoms with E-state index in [0.29, 0.717) is 6.04 Å². The van der Waals surface area contributed by atoms with Crippen LogP contribution in [0.2, 0.25) is 0 Å². The summed E-state index contributed by atoms with van der Waals surface area (Å²) in [5, 5.41) is 6.18. The minimum absolute atomic E-state index is 0.154. The molecule has 1 aliphatic heterocycles. The third-order valence-electron chi connectivity index (χ3n) is 4.26. The van der Waals surface area contributed by atoms with Crippen molar-refractivity contribution in [2.45, 2.75) is 38.8 Å². The fourth-order valence-electron chi connectivity index (χ4n) is 3.12. The largest absolute Gasteiger partial charge is 0.365 e. The summed E-state index contributed by atoms with van der Waals surface area (Å²) >= 11 is 0. The Kier molecular flexibility index (Phi) is 3.38. The lowest BCUT2D eigenvalue weighted by molar-refractivity contribution is 0.306. The van der Waals surface area contributed by atoms with Crippen LogP contribution in [0.3, 0.4) is 0 Å². The Morgan fingerprint density at radius 2 is 2.20 bits per heavy atom. The van der Waals surface area contributed by atoms with Gasteiger partial charge in [0.1, 0.15) is 0 Å². The van der Waals surface area contributed by atoms with E-state index in [1.807, 2.05) is 12.4 Å². The molecule has 0 bridgehead atoms. The smallest absolute Gasteiger partial charge is 0.0450 e. The molecule has 0 aliphatic carbocycles. The van der Waals surface area contributed by atoms with Crippen LogP contribution in [0.5, 0.6) is 0 Å². The molecule has 20 heavy (non-hydrogen) atoms. The van der Waals surface area contributed by atoms with E-state index >= 15 is 0 Å². The number of benzene rings is 1. The third kappa shape index (κ3) is 2.38. The van der Waals surface area contributed by atoms with Crippen molar-refractivity contribution in [1.29, 1.82) is 0 Å². The van der Waals surface area contributed by atoms with Gasteiger partial charge in [0.05, 0.1) is 0 Å². The van der Waals surface area contributed by atoms with E-state index in [1.165, 1.54) is 16.5 Å². The van der Waals surface area contributed by atoms with E-state index in [0.717, 1.165) is 19.5 Å². The highest BCUT2D eigenvalue weighted by atomic mass is 15.3. The SMILES string of the molecule is CCC1CNC(C)(C)CN1c1cccc2cnccc12. The van der Waals surface area contributed by atoms with E-state index in [1.54, 1.807) is 0 Å². The number of fused-ring (bicyclic) bond motifs is 1. The van der Waals surface area contributed by atoms with Crippen LogP contribution in [0.15, 0.2) is 36.7 Å². The summed E-state index contributed by atoms with van der Waals surface area (Å²) in [5.74, 6) is 0. The van der Waals surface area contributed by atoms with E-state index < -0.39 is 0 Å². The molecule has 0 amide bonds. The van der Waals surface area contributed by atoms with Crippen molar-refractivity contribution < 1.29 is 0 Å². The molecular weight excluding hydrogens is 246 g/mol. The zero-order valence-electron chi connectivity index (χ0n) is 12.6. The first-order valence-corrected chi connectivity index (χ1v) is 7.45. The number of rotatable bonds is 2. The first kappa shape index (κ1) is 13.4. The Balaban J connectivity index is 2.07. The fraction of sp³-hybridized carbons (Fsp3) is 0.471. The summed E-state index contributed by atoms with van der Waals surface area (Å²) in [7, 11) is 0. The number of pyridine rings is 1. The van der Waals surface area contributed by atoms with Crippen molar-refractivity contribution in [1.82, 2.24) is 10.3 Å². The predicted molar refractivity (Wildman–Crippen MR) is 85.2 cm³/mol. The van der Waals surface area contributed by atoms with Gasteiger partial charge in [0.25, 0.3) is 0 Å². The van der Waals surface area contributed by atoms with Crippen LogP contribution in [-0.4, -0.2) is 29.7 Å². The maximum absolute atomic E-state index is 4.24. The maximum Gasteiger partial charge on any atom is 0.0450 e. The van der Waals surface area contributed by atoms with Crippen LogP contribution in [0.4, 0.5) is 5.69 Å². The maximum atomic E-state index is 4.24. The van der Waals surface area contributed by atoms with Crippen molar-refractivity contribution >= 4 is 16.5 Å². The average Bonchev–Trinajstić information content (AvgIpc) is 2.46. The molecule has 1 unspecified atom stereocenters. The first-order chi connectivity index (χ1) is 9.61. The fourth-order valence-corrected chi connectivity index (χ4v) is 3.12. The summed E-state index contributed by atoms with van der Waals surface area (Å²) in [4.78, 5) is 6.80. The summed E-state index contributed by atoms with van der Waals surface area (Å²) in [6.07, 6.45) is 5.00. The quantitative estimate of drug-likeness (QED) is 0.907. The molecule has 3 nitrogen and oxygen atoms in total. The Hall–Kier alpha value is -1.61. The van der Waals surface area contributed by atoms with Crippen LogP contribution in [0, 0.1) is 0 Å². The summed E-state index contributed by atoms with van der Waals surface area (Å²) in [5.41, 5.74) is 1.49. The number of nitrogens with zero attached hydrogens (tertiary/aromatic N) is 2. The van der Waals surface area contributed by atoms with Crippen LogP contribution in [0.25, 0.3) is 10.8 Å². The highest BCUT2D eigenvalue weighted by molar-refractivity contribution is 5.93. The highest BCUT2D eigenvalue weighted by Crippen LogP contribution is 2.31. The number of anilines is 1. The number of hydrogen-bond acceptors (Lipinski definition) is 3. The molecule has 0 radical (unpaired) electrons. The summed E-state index contributed by atoms with van der Waals surface area (Å²) < 4.78 is 0. The van der Waals surface area contributed by atoms with Gasteiger partial charge in [-0.3, -0.25) is 4.98 Å². The lowest BCUT2D eigenvalue weighted by atomic mass is 9.96. The van der Waals surface area contributed by atoms with E-state index in [9.17, 15) is 0 Å². The monoisotopic (exact) mass is 269 g/mol. The van der Waals surface area contributed by atoms with Crippen molar-refractivity contribution in [2.75, 3.05) is 18.0 Å². The molecule has 1 saturated heterocycles. The number of aromatic nitrogens is 1. The molecule has 1 N–H and O–H groups in total. The van der Waals surface area contributed by atoms with Crippen LogP contribution in [-0.2, 0) is 0 Å². The molecule has 3 heteroatoms. The first-order valence-electron chi connectivity index (χ1n) is 7.45. The van der Waals surface area contributed by atoms with Gasteiger partial charge >= 0.3 is 0 Å². The van der Waals surface area contributed by atoms with Gasteiger partial charge < -0.3 is 10.2 Å². The molecule has 1 aromatic heterocycles. The second-order valence-corrected chi connectivity index (χ2v) is 6.33. The molecule has 2 aromatic rings. The summed E-state index contributed by atoms with van der Waals surface area (Å²) in [6.45, 7) is 8.90. The number of piperazine rings is 1. The second-order valence-electron chi connectivity index (χ2n) is 6.33. The third-order valence-corrected chi connectivity index (χ3v) is 4.26. The molecule has 2 heterocycles. The molecule has 0 spiro atoms. The molecule has 0 saturated carbocycles. The van der Waals surface area contributed by atoms with E-state index in [4.69, 9.17) is 0 Å². The Labute approximate surface area is 121 Å². The molecular formula is C17H23N3. The van der Waals surface area contributed by atoms with Gasteiger partial charge in [-0.15, -0.1) is 0 Å². The lowest BCUT2D eigenvalue weighted by Crippen LogP contribution is -2.61. The lowest BCUT2D eigenvalue weighted by Gasteiger charge is -2.46.